The molecule has 18 heavy (non-hydrogen) atoms. The van der Waals surface area contributed by atoms with E-state index in [0.717, 1.165) is 56.0 Å². The molecule has 0 spiro atoms. The zero-order chi connectivity index (χ0) is 12.8. The van der Waals surface area contributed by atoms with Crippen molar-refractivity contribution < 1.29 is 9.47 Å². The number of halogens is 1. The number of hydrogen-bond acceptors (Lipinski definition) is 3. The number of fused-ring (bicyclic) bond motifs is 1. The minimum Gasteiger partial charge on any atom is -0.493 e. The van der Waals surface area contributed by atoms with Crippen LogP contribution in [0, 0.1) is 0 Å². The molecule has 100 valence electrons. The van der Waals surface area contributed by atoms with Gasteiger partial charge < -0.3 is 14.8 Å². The molecule has 0 aliphatic carbocycles. The van der Waals surface area contributed by atoms with Crippen LogP contribution in [0.3, 0.4) is 0 Å². The van der Waals surface area contributed by atoms with Crippen molar-refractivity contribution in [3.63, 3.8) is 0 Å². The molecule has 0 aromatic heterocycles. The third kappa shape index (κ3) is 3.70. The summed E-state index contributed by atoms with van der Waals surface area (Å²) in [5.74, 6) is 1.08. The smallest absolute Gasteiger partial charge is 0.127 e. The van der Waals surface area contributed by atoms with E-state index in [1.165, 1.54) is 11.1 Å². The lowest BCUT2D eigenvalue weighted by Gasteiger charge is -2.10. The standard InChI is InChI=1S/C14H20BrNO2/c1-2-17-6-3-5-16-10-12-9-13(15)8-11-4-7-18-14(11)12/h8-9,16H,2-7,10H2,1H3. The van der Waals surface area contributed by atoms with E-state index in [2.05, 4.69) is 33.4 Å². The van der Waals surface area contributed by atoms with Gasteiger partial charge in [-0.3, -0.25) is 0 Å². The van der Waals surface area contributed by atoms with Gasteiger partial charge in [-0.25, -0.2) is 0 Å². The van der Waals surface area contributed by atoms with E-state index in [4.69, 9.17) is 9.47 Å². The van der Waals surface area contributed by atoms with Crippen LogP contribution in [-0.2, 0) is 17.7 Å². The zero-order valence-corrected chi connectivity index (χ0v) is 12.4. The Bertz CT molecular complexity index is 396. The lowest BCUT2D eigenvalue weighted by molar-refractivity contribution is 0.144. The number of rotatable bonds is 7. The highest BCUT2D eigenvalue weighted by atomic mass is 79.9. The largest absolute Gasteiger partial charge is 0.493 e. The first kappa shape index (κ1) is 13.8. The average molecular weight is 314 g/mol. The van der Waals surface area contributed by atoms with E-state index in [-0.39, 0.29) is 0 Å². The zero-order valence-electron chi connectivity index (χ0n) is 10.8. The summed E-state index contributed by atoms with van der Waals surface area (Å²) < 4.78 is 12.1. The van der Waals surface area contributed by atoms with E-state index < -0.39 is 0 Å². The topological polar surface area (TPSA) is 30.5 Å². The SMILES string of the molecule is CCOCCCNCc1cc(Br)cc2c1OCC2. The Morgan fingerprint density at radius 3 is 3.17 bits per heavy atom. The molecular weight excluding hydrogens is 294 g/mol. The Hall–Kier alpha value is -0.580. The molecule has 1 aliphatic rings. The molecule has 0 radical (unpaired) electrons. The molecule has 1 aliphatic heterocycles. The summed E-state index contributed by atoms with van der Waals surface area (Å²) >= 11 is 3.56. The summed E-state index contributed by atoms with van der Waals surface area (Å²) in [5, 5.41) is 3.44. The van der Waals surface area contributed by atoms with Crippen molar-refractivity contribution in [3.05, 3.63) is 27.7 Å². The van der Waals surface area contributed by atoms with Crippen LogP contribution in [-0.4, -0.2) is 26.4 Å². The average Bonchev–Trinajstić information content (AvgIpc) is 2.81. The Morgan fingerprint density at radius 2 is 2.33 bits per heavy atom. The van der Waals surface area contributed by atoms with Gasteiger partial charge in [0.2, 0.25) is 0 Å². The molecule has 0 bridgehead atoms. The second kappa shape index (κ2) is 7.12. The number of benzene rings is 1. The van der Waals surface area contributed by atoms with Crippen molar-refractivity contribution in [2.45, 2.75) is 26.3 Å². The van der Waals surface area contributed by atoms with Crippen LogP contribution in [0.1, 0.15) is 24.5 Å². The minimum absolute atomic E-state index is 0.799. The summed E-state index contributed by atoms with van der Waals surface area (Å²) in [7, 11) is 0. The predicted molar refractivity (Wildman–Crippen MR) is 76.2 cm³/mol. The van der Waals surface area contributed by atoms with Gasteiger partial charge in [0, 0.05) is 36.2 Å². The Labute approximate surface area is 117 Å². The van der Waals surface area contributed by atoms with Crippen LogP contribution < -0.4 is 10.1 Å². The molecule has 1 N–H and O–H groups in total. The quantitative estimate of drug-likeness (QED) is 0.785. The van der Waals surface area contributed by atoms with Crippen LogP contribution in [0.4, 0.5) is 0 Å². The van der Waals surface area contributed by atoms with E-state index >= 15 is 0 Å². The first-order chi connectivity index (χ1) is 8.81. The molecule has 0 fully saturated rings. The van der Waals surface area contributed by atoms with Gasteiger partial charge in [0.05, 0.1) is 6.61 Å². The maximum atomic E-state index is 5.69. The van der Waals surface area contributed by atoms with Crippen molar-refractivity contribution in [2.24, 2.45) is 0 Å². The maximum Gasteiger partial charge on any atom is 0.127 e. The van der Waals surface area contributed by atoms with E-state index in [0.29, 0.717) is 0 Å². The second-order valence-corrected chi connectivity index (χ2v) is 5.29. The number of nitrogens with one attached hydrogen (secondary N) is 1. The van der Waals surface area contributed by atoms with Gasteiger partial charge in [-0.2, -0.15) is 0 Å². The van der Waals surface area contributed by atoms with Crippen molar-refractivity contribution in [1.82, 2.24) is 5.32 Å². The maximum absolute atomic E-state index is 5.69. The molecule has 1 heterocycles. The lowest BCUT2D eigenvalue weighted by atomic mass is 10.1. The Balaban J connectivity index is 1.82. The molecule has 0 atom stereocenters. The molecular formula is C14H20BrNO2. The lowest BCUT2D eigenvalue weighted by Crippen LogP contribution is -2.16. The third-order valence-electron chi connectivity index (χ3n) is 2.99. The predicted octanol–water partition coefficient (Wildman–Crippen LogP) is 2.90. The highest BCUT2D eigenvalue weighted by Gasteiger charge is 2.16. The highest BCUT2D eigenvalue weighted by Crippen LogP contribution is 2.32. The highest BCUT2D eigenvalue weighted by molar-refractivity contribution is 9.10. The van der Waals surface area contributed by atoms with Gasteiger partial charge in [-0.15, -0.1) is 0 Å². The van der Waals surface area contributed by atoms with E-state index in [1.807, 2.05) is 6.92 Å². The normalized spacial score (nSPS) is 13.4. The fraction of sp³-hybridized carbons (Fsp3) is 0.571. The molecule has 0 saturated carbocycles. The summed E-state index contributed by atoms with van der Waals surface area (Å²) in [5.41, 5.74) is 2.56. The number of ether oxygens (including phenoxy) is 2. The van der Waals surface area contributed by atoms with Gasteiger partial charge in [0.15, 0.2) is 0 Å². The molecule has 4 heteroatoms. The summed E-state index contributed by atoms with van der Waals surface area (Å²) in [4.78, 5) is 0. The van der Waals surface area contributed by atoms with E-state index in [1.54, 1.807) is 0 Å². The van der Waals surface area contributed by atoms with Crippen molar-refractivity contribution >= 4 is 15.9 Å². The van der Waals surface area contributed by atoms with Crippen molar-refractivity contribution in [3.8, 4) is 5.75 Å². The van der Waals surface area contributed by atoms with Crippen LogP contribution in [0.5, 0.6) is 5.75 Å². The fourth-order valence-corrected chi connectivity index (χ4v) is 2.70. The second-order valence-electron chi connectivity index (χ2n) is 4.38. The first-order valence-corrected chi connectivity index (χ1v) is 7.33. The van der Waals surface area contributed by atoms with E-state index in [9.17, 15) is 0 Å². The van der Waals surface area contributed by atoms with Crippen molar-refractivity contribution in [1.29, 1.82) is 0 Å². The Morgan fingerprint density at radius 1 is 1.44 bits per heavy atom. The van der Waals surface area contributed by atoms with Gasteiger partial charge in [0.25, 0.3) is 0 Å². The number of hydrogen-bond donors (Lipinski definition) is 1. The fourth-order valence-electron chi connectivity index (χ4n) is 2.14. The van der Waals surface area contributed by atoms with Gasteiger partial charge in [-0.05, 0) is 37.6 Å². The van der Waals surface area contributed by atoms with Crippen LogP contribution >= 0.6 is 15.9 Å². The first-order valence-electron chi connectivity index (χ1n) is 6.54. The molecule has 0 amide bonds. The van der Waals surface area contributed by atoms with Crippen LogP contribution in [0.15, 0.2) is 16.6 Å². The molecule has 3 nitrogen and oxygen atoms in total. The molecule has 0 unspecified atom stereocenters. The summed E-state index contributed by atoms with van der Waals surface area (Å²) in [6, 6.07) is 4.29. The molecule has 1 aromatic rings. The Kier molecular flexibility index (Phi) is 5.47. The molecule has 0 saturated heterocycles. The monoisotopic (exact) mass is 313 g/mol. The van der Waals surface area contributed by atoms with Crippen LogP contribution in [0.25, 0.3) is 0 Å². The van der Waals surface area contributed by atoms with Gasteiger partial charge in [0.1, 0.15) is 5.75 Å². The summed E-state index contributed by atoms with van der Waals surface area (Å²) in [6.45, 7) is 6.29. The van der Waals surface area contributed by atoms with Crippen LogP contribution in [0.2, 0.25) is 0 Å². The summed E-state index contributed by atoms with van der Waals surface area (Å²) in [6.07, 6.45) is 2.07. The van der Waals surface area contributed by atoms with Gasteiger partial charge >= 0.3 is 0 Å². The van der Waals surface area contributed by atoms with Crippen molar-refractivity contribution in [2.75, 3.05) is 26.4 Å². The molecule has 2 rings (SSSR count). The molecule has 1 aromatic carbocycles. The minimum atomic E-state index is 0.799. The van der Waals surface area contributed by atoms with Gasteiger partial charge in [-0.1, -0.05) is 15.9 Å². The third-order valence-corrected chi connectivity index (χ3v) is 3.44.